The quantitative estimate of drug-likeness (QED) is 0.734. The Hall–Kier alpha value is -2.91. The van der Waals surface area contributed by atoms with Crippen LogP contribution in [0, 0.1) is 6.92 Å². The third-order valence-electron chi connectivity index (χ3n) is 3.15. The number of hydrogen-bond acceptors (Lipinski definition) is 6. The molecule has 2 aromatic rings. The van der Waals surface area contributed by atoms with Gasteiger partial charge in [0.1, 0.15) is 6.61 Å². The molecule has 0 saturated heterocycles. The molecule has 0 aliphatic rings. The molecule has 9 heteroatoms. The molecule has 2 aromatic carbocycles. The van der Waals surface area contributed by atoms with Crippen LogP contribution in [-0.4, -0.2) is 32.0 Å². The third-order valence-corrected chi connectivity index (χ3v) is 4.43. The molecule has 0 unspecified atom stereocenters. The summed E-state index contributed by atoms with van der Waals surface area (Å²) in [7, 11) is -4.09. The summed E-state index contributed by atoms with van der Waals surface area (Å²) in [6.07, 6.45) is 0. The van der Waals surface area contributed by atoms with Gasteiger partial charge in [0.2, 0.25) is 0 Å². The van der Waals surface area contributed by atoms with Crippen LogP contribution >= 0.6 is 0 Å². The Morgan fingerprint density at radius 2 is 1.80 bits per heavy atom. The number of carbonyl (C=O) groups is 2. The number of anilines is 1. The molecule has 0 spiro atoms. The highest BCUT2D eigenvalue weighted by Gasteiger charge is 2.17. The lowest BCUT2D eigenvalue weighted by Gasteiger charge is -2.13. The Morgan fingerprint density at radius 3 is 2.36 bits per heavy atom. The van der Waals surface area contributed by atoms with Crippen molar-refractivity contribution in [3.8, 4) is 5.75 Å². The fourth-order valence-electron chi connectivity index (χ4n) is 1.88. The minimum Gasteiger partial charge on any atom is -0.872 e. The molecule has 2 N–H and O–H groups in total. The van der Waals surface area contributed by atoms with Gasteiger partial charge in [-0.3, -0.25) is 8.98 Å². The maximum Gasteiger partial charge on any atom is 0.335 e. The summed E-state index contributed by atoms with van der Waals surface area (Å²) in [6.45, 7) is 1.01. The number of carboxylic acids is 1. The lowest BCUT2D eigenvalue weighted by atomic mass is 10.2. The van der Waals surface area contributed by atoms with Gasteiger partial charge in [0.05, 0.1) is 10.5 Å². The highest BCUT2D eigenvalue weighted by atomic mass is 32.2. The molecule has 132 valence electrons. The van der Waals surface area contributed by atoms with Crippen LogP contribution in [0.1, 0.15) is 15.9 Å². The van der Waals surface area contributed by atoms with E-state index in [-0.39, 0.29) is 10.6 Å². The Bertz CT molecular complexity index is 905. The van der Waals surface area contributed by atoms with Crippen molar-refractivity contribution in [2.24, 2.45) is 0 Å². The summed E-state index contributed by atoms with van der Waals surface area (Å²) in [6, 6.07) is 9.09. The lowest BCUT2D eigenvalue weighted by Crippen LogP contribution is -2.21. The van der Waals surface area contributed by atoms with E-state index in [0.29, 0.717) is 0 Å². The van der Waals surface area contributed by atoms with Crippen molar-refractivity contribution >= 4 is 27.7 Å². The average molecular weight is 364 g/mol. The van der Waals surface area contributed by atoms with Crippen LogP contribution in [0.2, 0.25) is 0 Å². The zero-order valence-corrected chi connectivity index (χ0v) is 13.9. The summed E-state index contributed by atoms with van der Waals surface area (Å²) in [5.74, 6) is -2.97. The van der Waals surface area contributed by atoms with E-state index in [9.17, 15) is 23.1 Å². The van der Waals surface area contributed by atoms with Crippen LogP contribution in [0.5, 0.6) is 5.75 Å². The van der Waals surface area contributed by atoms with Crippen molar-refractivity contribution < 1.29 is 32.4 Å². The highest BCUT2D eigenvalue weighted by molar-refractivity contribution is 7.86. The zero-order chi connectivity index (χ0) is 18.6. The molecular weight excluding hydrogens is 350 g/mol. The minimum atomic E-state index is -4.09. The monoisotopic (exact) mass is 364 g/mol. The van der Waals surface area contributed by atoms with E-state index in [4.69, 9.17) is 5.11 Å². The van der Waals surface area contributed by atoms with Crippen molar-refractivity contribution in [2.45, 2.75) is 11.8 Å². The average Bonchev–Trinajstić information content (AvgIpc) is 2.53. The Balaban J connectivity index is 2.00. The summed E-state index contributed by atoms with van der Waals surface area (Å²) >= 11 is 0. The predicted molar refractivity (Wildman–Crippen MR) is 85.8 cm³/mol. The van der Waals surface area contributed by atoms with Crippen LogP contribution < -0.4 is 10.4 Å². The van der Waals surface area contributed by atoms with Crippen molar-refractivity contribution in [1.29, 1.82) is 0 Å². The molecule has 0 atom stereocenters. The van der Waals surface area contributed by atoms with Gasteiger partial charge in [-0.2, -0.15) is 8.42 Å². The minimum absolute atomic E-state index is 0.0383. The molecule has 8 nitrogen and oxygen atoms in total. The van der Waals surface area contributed by atoms with Gasteiger partial charge >= 0.3 is 5.97 Å². The number of aromatic carboxylic acids is 1. The van der Waals surface area contributed by atoms with E-state index in [1.807, 2.05) is 0 Å². The summed E-state index contributed by atoms with van der Waals surface area (Å²) in [5.41, 5.74) is 0.474. The van der Waals surface area contributed by atoms with Gasteiger partial charge in [0.15, 0.2) is 0 Å². The van der Waals surface area contributed by atoms with Gasteiger partial charge in [-0.25, -0.2) is 4.79 Å². The molecule has 0 aliphatic heterocycles. The second-order valence-corrected chi connectivity index (χ2v) is 6.71. The van der Waals surface area contributed by atoms with E-state index >= 15 is 0 Å². The number of carbonyl (C=O) groups excluding carboxylic acids is 1. The molecular formula is C16H14NO7S-. The first-order valence-corrected chi connectivity index (χ1v) is 8.40. The summed E-state index contributed by atoms with van der Waals surface area (Å²) < 4.78 is 28.6. The van der Waals surface area contributed by atoms with Crippen LogP contribution in [0.3, 0.4) is 0 Å². The molecule has 0 heterocycles. The van der Waals surface area contributed by atoms with Gasteiger partial charge in [-0.15, -0.1) is 0 Å². The number of benzene rings is 2. The third kappa shape index (κ3) is 4.78. The van der Waals surface area contributed by atoms with Crippen molar-refractivity contribution in [3.05, 3.63) is 53.6 Å². The fraction of sp³-hybridized carbons (Fsp3) is 0.125. The second-order valence-electron chi connectivity index (χ2n) is 5.09. The molecule has 0 radical (unpaired) electrons. The topological polar surface area (TPSA) is 133 Å². The normalized spacial score (nSPS) is 11.1. The van der Waals surface area contributed by atoms with Crippen molar-refractivity contribution in [2.75, 3.05) is 11.9 Å². The van der Waals surface area contributed by atoms with Gasteiger partial charge in [-0.05, 0) is 37.3 Å². The standard InChI is InChI=1S/C16H15NO7S/c1-10-2-5-12(6-3-10)25(22,23)24-9-15(19)17-11-4-7-13(16(20)21)14(18)8-11/h2-8,18H,9H2,1H3,(H,17,19)(H,20,21)/p-1. The number of rotatable bonds is 6. The van der Waals surface area contributed by atoms with Gasteiger partial charge in [0, 0.05) is 5.69 Å². The van der Waals surface area contributed by atoms with Crippen LogP contribution in [0.25, 0.3) is 0 Å². The molecule has 0 saturated carbocycles. The Labute approximate surface area is 143 Å². The Kier molecular flexibility index (Phi) is 5.40. The molecule has 0 aliphatic carbocycles. The molecule has 2 rings (SSSR count). The van der Waals surface area contributed by atoms with E-state index in [0.717, 1.165) is 17.7 Å². The maximum atomic E-state index is 12.0. The first kappa shape index (κ1) is 18.4. The SMILES string of the molecule is Cc1ccc(S(=O)(=O)OCC(=O)Nc2ccc(C(=O)O)c([O-])c2)cc1. The van der Waals surface area contributed by atoms with Gasteiger partial charge in [-0.1, -0.05) is 23.4 Å². The number of nitrogens with one attached hydrogen (secondary N) is 1. The first-order chi connectivity index (χ1) is 11.7. The van der Waals surface area contributed by atoms with Crippen molar-refractivity contribution in [3.63, 3.8) is 0 Å². The maximum absolute atomic E-state index is 12.0. The van der Waals surface area contributed by atoms with Crippen LogP contribution in [0.15, 0.2) is 47.4 Å². The van der Waals surface area contributed by atoms with Crippen molar-refractivity contribution in [1.82, 2.24) is 0 Å². The second kappa shape index (κ2) is 7.32. The van der Waals surface area contributed by atoms with Gasteiger partial charge in [0.25, 0.3) is 16.0 Å². The van der Waals surface area contributed by atoms with Gasteiger partial charge < -0.3 is 15.5 Å². The number of hydrogen-bond donors (Lipinski definition) is 2. The first-order valence-electron chi connectivity index (χ1n) is 6.99. The Morgan fingerprint density at radius 1 is 1.16 bits per heavy atom. The lowest BCUT2D eigenvalue weighted by molar-refractivity contribution is -0.268. The number of carboxylic acid groups (broad SMARTS) is 1. The van der Waals surface area contributed by atoms with E-state index < -0.39 is 39.9 Å². The zero-order valence-electron chi connectivity index (χ0n) is 13.1. The van der Waals surface area contributed by atoms with E-state index in [1.165, 1.54) is 18.2 Å². The number of aryl methyl sites for hydroxylation is 1. The summed E-state index contributed by atoms with van der Waals surface area (Å²) in [4.78, 5) is 22.4. The highest BCUT2D eigenvalue weighted by Crippen LogP contribution is 2.19. The molecule has 0 fully saturated rings. The van der Waals surface area contributed by atoms with E-state index in [1.54, 1.807) is 19.1 Å². The molecule has 0 aromatic heterocycles. The molecule has 0 bridgehead atoms. The fourth-order valence-corrected chi connectivity index (χ4v) is 2.75. The van der Waals surface area contributed by atoms with Crippen LogP contribution in [-0.2, 0) is 19.1 Å². The predicted octanol–water partition coefficient (Wildman–Crippen LogP) is 1.11. The smallest absolute Gasteiger partial charge is 0.335 e. The molecule has 1 amide bonds. The summed E-state index contributed by atoms with van der Waals surface area (Å²) in [5, 5.41) is 22.6. The largest absolute Gasteiger partial charge is 0.872 e. The number of amides is 1. The molecule has 25 heavy (non-hydrogen) atoms. The van der Waals surface area contributed by atoms with E-state index in [2.05, 4.69) is 9.50 Å². The van der Waals surface area contributed by atoms with Crippen LogP contribution in [0.4, 0.5) is 5.69 Å².